The van der Waals surface area contributed by atoms with Crippen molar-refractivity contribution in [1.29, 1.82) is 0 Å². The van der Waals surface area contributed by atoms with Crippen molar-refractivity contribution in [3.8, 4) is 0 Å². The summed E-state index contributed by atoms with van der Waals surface area (Å²) in [5.74, 6) is 1.94. The Balaban J connectivity index is 1.56. The number of hydrogen-bond donors (Lipinski definition) is 0. The molecule has 0 bridgehead atoms. The molecule has 1 heterocycles. The van der Waals surface area contributed by atoms with Crippen LogP contribution in [0.5, 0.6) is 0 Å². The molecule has 1 aromatic carbocycles. The monoisotopic (exact) mass is 367 g/mol. The number of likely N-dealkylation sites (N-methyl/N-ethyl adjacent to an activating group) is 1. The average molecular weight is 367 g/mol. The lowest BCUT2D eigenvalue weighted by Gasteiger charge is -2.28. The van der Waals surface area contributed by atoms with E-state index in [-0.39, 0.29) is 11.3 Å². The van der Waals surface area contributed by atoms with Crippen LogP contribution in [-0.4, -0.2) is 27.5 Å². The minimum absolute atomic E-state index is 0.0406. The van der Waals surface area contributed by atoms with Gasteiger partial charge < -0.3 is 9.42 Å². The molecule has 0 unspecified atom stereocenters. The Hall–Kier alpha value is -2.17. The van der Waals surface area contributed by atoms with Crippen LogP contribution in [0.25, 0.3) is 0 Å². The maximum atomic E-state index is 13.6. The van der Waals surface area contributed by atoms with Crippen molar-refractivity contribution in [1.82, 2.24) is 15.0 Å². The summed E-state index contributed by atoms with van der Waals surface area (Å²) in [6, 6.07) is 8.41. The van der Waals surface area contributed by atoms with Gasteiger partial charge in [-0.3, -0.25) is 4.79 Å². The predicted octanol–water partition coefficient (Wildman–Crippen LogP) is 4.36. The van der Waals surface area contributed by atoms with Crippen LogP contribution >= 0.6 is 0 Å². The van der Waals surface area contributed by atoms with E-state index in [1.807, 2.05) is 11.8 Å². The van der Waals surface area contributed by atoms with Crippen LogP contribution < -0.4 is 0 Å². The van der Waals surface area contributed by atoms with E-state index in [0.717, 1.165) is 30.7 Å². The van der Waals surface area contributed by atoms with Gasteiger partial charge in [-0.2, -0.15) is 4.98 Å². The Kier molecular flexibility index (Phi) is 4.36. The lowest BCUT2D eigenvalue weighted by atomic mass is 9.85. The first kappa shape index (κ1) is 18.2. The molecule has 144 valence electrons. The first-order chi connectivity index (χ1) is 12.9. The summed E-state index contributed by atoms with van der Waals surface area (Å²) in [4.78, 5) is 20.0. The topological polar surface area (TPSA) is 59.2 Å². The third-order valence-electron chi connectivity index (χ3n) is 6.59. The highest BCUT2D eigenvalue weighted by Gasteiger charge is 2.67. The van der Waals surface area contributed by atoms with Gasteiger partial charge in [-0.15, -0.1) is 0 Å². The number of hydrogen-bond acceptors (Lipinski definition) is 4. The fourth-order valence-corrected chi connectivity index (χ4v) is 4.36. The first-order valence-corrected chi connectivity index (χ1v) is 10.1. The third kappa shape index (κ3) is 2.97. The molecular weight excluding hydrogens is 338 g/mol. The number of amides is 1. The van der Waals surface area contributed by atoms with E-state index < -0.39 is 5.41 Å². The van der Waals surface area contributed by atoms with Crippen molar-refractivity contribution in [3.05, 3.63) is 47.1 Å². The zero-order chi connectivity index (χ0) is 19.2. The zero-order valence-electron chi connectivity index (χ0n) is 16.8. The SMILES string of the molecule is CCN(Cc1noc(C2CCC2)n1)C(=O)[C@]1(c2ccc(C)cc2)CC1(C)C. The summed E-state index contributed by atoms with van der Waals surface area (Å²) >= 11 is 0. The van der Waals surface area contributed by atoms with Crippen LogP contribution in [0.15, 0.2) is 28.8 Å². The molecule has 0 N–H and O–H groups in total. The summed E-state index contributed by atoms with van der Waals surface area (Å²) in [7, 11) is 0. The molecular formula is C22H29N3O2. The van der Waals surface area contributed by atoms with Crippen molar-refractivity contribution < 1.29 is 9.32 Å². The lowest BCUT2D eigenvalue weighted by Crippen LogP contribution is -2.41. The molecule has 0 spiro atoms. The Bertz CT molecular complexity index is 835. The Morgan fingerprint density at radius 2 is 1.93 bits per heavy atom. The number of benzene rings is 1. The molecule has 4 rings (SSSR count). The van der Waals surface area contributed by atoms with Gasteiger partial charge in [0.2, 0.25) is 11.8 Å². The molecule has 1 aromatic heterocycles. The van der Waals surface area contributed by atoms with E-state index in [2.05, 4.69) is 55.2 Å². The maximum Gasteiger partial charge on any atom is 0.234 e. The van der Waals surface area contributed by atoms with E-state index in [4.69, 9.17) is 4.52 Å². The van der Waals surface area contributed by atoms with Crippen LogP contribution in [0.2, 0.25) is 0 Å². The van der Waals surface area contributed by atoms with Crippen LogP contribution in [0.3, 0.4) is 0 Å². The summed E-state index contributed by atoms with van der Waals surface area (Å²) in [6.07, 6.45) is 4.36. The Labute approximate surface area is 161 Å². The normalized spacial score (nSPS) is 23.7. The largest absolute Gasteiger partial charge is 0.339 e. The van der Waals surface area contributed by atoms with Gasteiger partial charge in [0.25, 0.3) is 0 Å². The number of nitrogens with zero attached hydrogens (tertiary/aromatic N) is 3. The minimum atomic E-state index is -0.447. The van der Waals surface area contributed by atoms with Gasteiger partial charge in [-0.25, -0.2) is 0 Å². The number of rotatable bonds is 6. The highest BCUT2D eigenvalue weighted by atomic mass is 16.5. The van der Waals surface area contributed by atoms with Crippen molar-refractivity contribution >= 4 is 5.91 Å². The van der Waals surface area contributed by atoms with Crippen LogP contribution in [0.1, 0.15) is 75.2 Å². The third-order valence-corrected chi connectivity index (χ3v) is 6.59. The predicted molar refractivity (Wildman–Crippen MR) is 103 cm³/mol. The van der Waals surface area contributed by atoms with Gasteiger partial charge in [0, 0.05) is 12.5 Å². The number of carbonyl (C=O) groups excluding carboxylic acids is 1. The summed E-state index contributed by atoms with van der Waals surface area (Å²) in [6.45, 7) is 9.50. The second-order valence-corrected chi connectivity index (χ2v) is 8.83. The van der Waals surface area contributed by atoms with E-state index in [1.54, 1.807) is 0 Å². The quantitative estimate of drug-likeness (QED) is 0.761. The molecule has 0 aliphatic heterocycles. The fraction of sp³-hybridized carbons (Fsp3) is 0.591. The number of aromatic nitrogens is 2. The minimum Gasteiger partial charge on any atom is -0.339 e. The van der Waals surface area contributed by atoms with Crippen molar-refractivity contribution in [2.45, 2.75) is 71.3 Å². The molecule has 2 aromatic rings. The molecule has 2 aliphatic carbocycles. The van der Waals surface area contributed by atoms with E-state index in [1.165, 1.54) is 12.0 Å². The maximum absolute atomic E-state index is 13.6. The van der Waals surface area contributed by atoms with E-state index in [9.17, 15) is 4.79 Å². The Morgan fingerprint density at radius 3 is 2.44 bits per heavy atom. The second-order valence-electron chi connectivity index (χ2n) is 8.83. The zero-order valence-corrected chi connectivity index (χ0v) is 16.8. The highest BCUT2D eigenvalue weighted by molar-refractivity contribution is 5.93. The number of aryl methyl sites for hydroxylation is 1. The molecule has 0 radical (unpaired) electrons. The molecule has 0 saturated heterocycles. The molecule has 1 atom stereocenters. The van der Waals surface area contributed by atoms with Crippen molar-refractivity contribution in [2.75, 3.05) is 6.54 Å². The van der Waals surface area contributed by atoms with Gasteiger partial charge in [-0.1, -0.05) is 55.3 Å². The molecule has 5 heteroatoms. The Morgan fingerprint density at radius 1 is 1.26 bits per heavy atom. The second kappa shape index (κ2) is 6.47. The number of carbonyl (C=O) groups is 1. The highest BCUT2D eigenvalue weighted by Crippen LogP contribution is 2.65. The van der Waals surface area contributed by atoms with Crippen molar-refractivity contribution in [2.24, 2.45) is 5.41 Å². The standard InChI is InChI=1S/C22H29N3O2/c1-5-25(13-18-23-19(27-24-18)16-7-6-8-16)20(26)22(14-21(22,3)4)17-11-9-15(2)10-12-17/h9-12,16H,5-8,13-14H2,1-4H3/t22-/m1/s1. The average Bonchev–Trinajstić information content (AvgIpc) is 2.94. The molecule has 2 aliphatic rings. The molecule has 1 amide bonds. The molecule has 5 nitrogen and oxygen atoms in total. The van der Waals surface area contributed by atoms with Gasteiger partial charge in [0.1, 0.15) is 0 Å². The van der Waals surface area contributed by atoms with Crippen LogP contribution in [0.4, 0.5) is 0 Å². The van der Waals surface area contributed by atoms with E-state index >= 15 is 0 Å². The molecule has 2 saturated carbocycles. The fourth-order valence-electron chi connectivity index (χ4n) is 4.36. The van der Waals surface area contributed by atoms with Gasteiger partial charge in [0.05, 0.1) is 12.0 Å². The van der Waals surface area contributed by atoms with Gasteiger partial charge >= 0.3 is 0 Å². The van der Waals surface area contributed by atoms with Crippen LogP contribution in [0, 0.1) is 12.3 Å². The van der Waals surface area contributed by atoms with Gasteiger partial charge in [0.15, 0.2) is 5.82 Å². The first-order valence-electron chi connectivity index (χ1n) is 10.1. The molecule has 27 heavy (non-hydrogen) atoms. The van der Waals surface area contributed by atoms with Gasteiger partial charge in [-0.05, 0) is 44.1 Å². The van der Waals surface area contributed by atoms with Crippen molar-refractivity contribution in [3.63, 3.8) is 0 Å². The smallest absolute Gasteiger partial charge is 0.234 e. The van der Waals surface area contributed by atoms with E-state index in [0.29, 0.717) is 24.8 Å². The summed E-state index contributed by atoms with van der Waals surface area (Å²) in [5.41, 5.74) is 1.84. The van der Waals surface area contributed by atoms with Crippen LogP contribution in [-0.2, 0) is 16.8 Å². The summed E-state index contributed by atoms with van der Waals surface area (Å²) in [5, 5.41) is 4.13. The molecule has 2 fully saturated rings. The summed E-state index contributed by atoms with van der Waals surface area (Å²) < 4.78 is 5.43. The lowest BCUT2D eigenvalue weighted by molar-refractivity contribution is -0.135.